The molecule has 0 fully saturated rings. The minimum absolute atomic E-state index is 0.0172. The van der Waals surface area contributed by atoms with Gasteiger partial charge in [0.1, 0.15) is 11.6 Å². The molecule has 1 aromatic heterocycles. The van der Waals surface area contributed by atoms with Gasteiger partial charge in [-0.1, -0.05) is 12.1 Å². The van der Waals surface area contributed by atoms with Crippen molar-refractivity contribution in [3.63, 3.8) is 0 Å². The van der Waals surface area contributed by atoms with Gasteiger partial charge in [-0.05, 0) is 50.2 Å². The van der Waals surface area contributed by atoms with E-state index in [2.05, 4.69) is 22.0 Å². The minimum atomic E-state index is 0.0172. The lowest BCUT2D eigenvalue weighted by atomic mass is 10.1. The van der Waals surface area contributed by atoms with E-state index in [1.54, 1.807) is 4.68 Å². The van der Waals surface area contributed by atoms with Crippen molar-refractivity contribution in [1.29, 1.82) is 0 Å². The van der Waals surface area contributed by atoms with Crippen LogP contribution in [0.25, 0.3) is 5.69 Å². The molecular formula is C20H21N5O. The van der Waals surface area contributed by atoms with Crippen LogP contribution in [-0.2, 0) is 0 Å². The Morgan fingerprint density at radius 1 is 0.962 bits per heavy atom. The SMILES string of the molecule is Cc1nc(C)n(-c2ccc(C(=O)N3CCN(C)c4ccccc43)cc2)n1. The van der Waals surface area contributed by atoms with E-state index in [0.29, 0.717) is 12.1 Å². The number of amides is 1. The van der Waals surface area contributed by atoms with E-state index in [0.717, 1.165) is 35.3 Å². The van der Waals surface area contributed by atoms with Crippen molar-refractivity contribution >= 4 is 17.3 Å². The van der Waals surface area contributed by atoms with Crippen molar-refractivity contribution in [1.82, 2.24) is 14.8 Å². The van der Waals surface area contributed by atoms with Crippen LogP contribution in [0.3, 0.4) is 0 Å². The number of rotatable bonds is 2. The van der Waals surface area contributed by atoms with Crippen molar-refractivity contribution in [2.75, 3.05) is 29.9 Å². The number of para-hydroxylation sites is 2. The highest BCUT2D eigenvalue weighted by molar-refractivity contribution is 6.08. The van der Waals surface area contributed by atoms with Gasteiger partial charge >= 0.3 is 0 Å². The Bertz CT molecular complexity index is 961. The van der Waals surface area contributed by atoms with Gasteiger partial charge < -0.3 is 9.80 Å². The van der Waals surface area contributed by atoms with Gasteiger partial charge in [-0.15, -0.1) is 0 Å². The second-order valence-corrected chi connectivity index (χ2v) is 6.53. The molecule has 2 heterocycles. The summed E-state index contributed by atoms with van der Waals surface area (Å²) in [5, 5.41) is 4.39. The Kier molecular flexibility index (Phi) is 3.95. The molecule has 3 aromatic rings. The standard InChI is InChI=1S/C20H21N5O/c1-14-21-15(2)25(22-14)17-10-8-16(9-11-17)20(26)24-13-12-23(3)18-6-4-5-7-19(18)24/h4-11H,12-13H2,1-3H3. The molecule has 1 aliphatic rings. The van der Waals surface area contributed by atoms with Gasteiger partial charge in [-0.25, -0.2) is 9.67 Å². The summed E-state index contributed by atoms with van der Waals surface area (Å²) >= 11 is 0. The Hall–Kier alpha value is -3.15. The number of hydrogen-bond acceptors (Lipinski definition) is 4. The summed E-state index contributed by atoms with van der Waals surface area (Å²) in [4.78, 5) is 21.4. The number of aryl methyl sites for hydroxylation is 2. The predicted octanol–water partition coefficient (Wildman–Crippen LogP) is 2.98. The average molecular weight is 347 g/mol. The zero-order chi connectivity index (χ0) is 18.3. The molecule has 0 N–H and O–H groups in total. The number of anilines is 2. The molecule has 0 spiro atoms. The fourth-order valence-electron chi connectivity index (χ4n) is 3.38. The van der Waals surface area contributed by atoms with E-state index < -0.39 is 0 Å². The molecule has 132 valence electrons. The molecule has 2 aromatic carbocycles. The summed E-state index contributed by atoms with van der Waals surface area (Å²) in [5.41, 5.74) is 3.61. The highest BCUT2D eigenvalue weighted by Gasteiger charge is 2.25. The Balaban J connectivity index is 1.63. The van der Waals surface area contributed by atoms with Crippen LogP contribution in [0.4, 0.5) is 11.4 Å². The van der Waals surface area contributed by atoms with E-state index >= 15 is 0 Å². The first-order valence-corrected chi connectivity index (χ1v) is 8.67. The maximum atomic E-state index is 13.1. The van der Waals surface area contributed by atoms with Crippen LogP contribution in [-0.4, -0.2) is 40.8 Å². The lowest BCUT2D eigenvalue weighted by molar-refractivity contribution is 0.0987. The molecule has 0 saturated heterocycles. The largest absolute Gasteiger partial charge is 0.371 e. The molecule has 4 rings (SSSR count). The van der Waals surface area contributed by atoms with Gasteiger partial charge in [-0.2, -0.15) is 5.10 Å². The highest BCUT2D eigenvalue weighted by Crippen LogP contribution is 2.32. The quantitative estimate of drug-likeness (QED) is 0.715. The Morgan fingerprint density at radius 2 is 1.65 bits per heavy atom. The van der Waals surface area contributed by atoms with Gasteiger partial charge in [0.25, 0.3) is 5.91 Å². The van der Waals surface area contributed by atoms with Gasteiger partial charge in [0.2, 0.25) is 0 Å². The number of likely N-dealkylation sites (N-methyl/N-ethyl adjacent to an activating group) is 1. The van der Waals surface area contributed by atoms with Crippen LogP contribution >= 0.6 is 0 Å². The van der Waals surface area contributed by atoms with E-state index in [1.807, 2.05) is 67.3 Å². The van der Waals surface area contributed by atoms with Crippen LogP contribution in [0.1, 0.15) is 22.0 Å². The highest BCUT2D eigenvalue weighted by atomic mass is 16.2. The molecule has 0 atom stereocenters. The maximum Gasteiger partial charge on any atom is 0.258 e. The number of hydrogen-bond donors (Lipinski definition) is 0. The number of aromatic nitrogens is 3. The van der Waals surface area contributed by atoms with Crippen LogP contribution in [0.15, 0.2) is 48.5 Å². The molecule has 0 saturated carbocycles. The van der Waals surface area contributed by atoms with Gasteiger partial charge in [0.05, 0.1) is 17.1 Å². The Morgan fingerprint density at radius 3 is 2.31 bits per heavy atom. The summed E-state index contributed by atoms with van der Waals surface area (Å²) in [6, 6.07) is 15.6. The predicted molar refractivity (Wildman–Crippen MR) is 102 cm³/mol. The van der Waals surface area contributed by atoms with Crippen molar-refractivity contribution < 1.29 is 4.79 Å². The third-order valence-corrected chi connectivity index (χ3v) is 4.72. The van der Waals surface area contributed by atoms with Crippen LogP contribution < -0.4 is 9.80 Å². The fraction of sp³-hybridized carbons (Fsp3) is 0.250. The molecule has 0 bridgehead atoms. The molecule has 0 radical (unpaired) electrons. The summed E-state index contributed by atoms with van der Waals surface area (Å²) in [6.07, 6.45) is 0. The lowest BCUT2D eigenvalue weighted by Crippen LogP contribution is -2.42. The topological polar surface area (TPSA) is 54.3 Å². The molecule has 26 heavy (non-hydrogen) atoms. The zero-order valence-electron chi connectivity index (χ0n) is 15.2. The van der Waals surface area contributed by atoms with Gasteiger partial charge in [0.15, 0.2) is 0 Å². The molecular weight excluding hydrogens is 326 g/mol. The molecule has 1 aliphatic heterocycles. The third kappa shape index (κ3) is 2.73. The molecule has 6 heteroatoms. The van der Waals surface area contributed by atoms with Crippen molar-refractivity contribution in [3.05, 3.63) is 65.7 Å². The van der Waals surface area contributed by atoms with E-state index in [1.165, 1.54) is 0 Å². The van der Waals surface area contributed by atoms with Gasteiger partial charge in [0, 0.05) is 25.7 Å². The van der Waals surface area contributed by atoms with Crippen LogP contribution in [0, 0.1) is 13.8 Å². The molecule has 0 unspecified atom stereocenters. The normalized spacial score (nSPS) is 13.7. The van der Waals surface area contributed by atoms with Crippen LogP contribution in [0.2, 0.25) is 0 Å². The zero-order valence-corrected chi connectivity index (χ0v) is 15.2. The van der Waals surface area contributed by atoms with Crippen molar-refractivity contribution in [2.24, 2.45) is 0 Å². The number of fused-ring (bicyclic) bond motifs is 1. The number of benzene rings is 2. The molecule has 1 amide bonds. The van der Waals surface area contributed by atoms with E-state index in [4.69, 9.17) is 0 Å². The van der Waals surface area contributed by atoms with Crippen molar-refractivity contribution in [2.45, 2.75) is 13.8 Å². The summed E-state index contributed by atoms with van der Waals surface area (Å²) < 4.78 is 1.79. The first-order chi connectivity index (χ1) is 12.5. The third-order valence-electron chi connectivity index (χ3n) is 4.72. The maximum absolute atomic E-state index is 13.1. The minimum Gasteiger partial charge on any atom is -0.371 e. The fourth-order valence-corrected chi connectivity index (χ4v) is 3.38. The van der Waals surface area contributed by atoms with Crippen LogP contribution in [0.5, 0.6) is 0 Å². The summed E-state index contributed by atoms with van der Waals surface area (Å²) in [5.74, 6) is 1.58. The van der Waals surface area contributed by atoms with E-state index in [9.17, 15) is 4.79 Å². The average Bonchev–Trinajstić information content (AvgIpc) is 3.00. The molecule has 6 nitrogen and oxygen atoms in total. The number of carbonyl (C=O) groups is 1. The second kappa shape index (κ2) is 6.29. The van der Waals surface area contributed by atoms with E-state index in [-0.39, 0.29) is 5.91 Å². The van der Waals surface area contributed by atoms with Crippen molar-refractivity contribution in [3.8, 4) is 5.69 Å². The molecule has 0 aliphatic carbocycles. The smallest absolute Gasteiger partial charge is 0.258 e. The van der Waals surface area contributed by atoms with Gasteiger partial charge in [-0.3, -0.25) is 4.79 Å². The lowest BCUT2D eigenvalue weighted by Gasteiger charge is -2.35. The summed E-state index contributed by atoms with van der Waals surface area (Å²) in [7, 11) is 2.05. The summed E-state index contributed by atoms with van der Waals surface area (Å²) in [6.45, 7) is 5.28. The number of nitrogens with zero attached hydrogens (tertiary/aromatic N) is 5. The number of carbonyl (C=O) groups excluding carboxylic acids is 1. The monoisotopic (exact) mass is 347 g/mol. The Labute approximate surface area is 152 Å². The second-order valence-electron chi connectivity index (χ2n) is 6.53. The first kappa shape index (κ1) is 16.3. The first-order valence-electron chi connectivity index (χ1n) is 8.67.